The fraction of sp³-hybridized carbons (Fsp3) is 0.556. The van der Waals surface area contributed by atoms with Gasteiger partial charge in [-0.1, -0.05) is 6.07 Å². The predicted octanol–water partition coefficient (Wildman–Crippen LogP) is 1.70. The molecule has 0 aromatic heterocycles. The first kappa shape index (κ1) is 16.0. The van der Waals surface area contributed by atoms with Crippen LogP contribution in [0.15, 0.2) is 24.3 Å². The molecule has 0 bridgehead atoms. The van der Waals surface area contributed by atoms with E-state index in [1.807, 2.05) is 28.0 Å². The van der Waals surface area contributed by atoms with Crippen LogP contribution in [0.3, 0.4) is 0 Å². The second-order valence-corrected chi connectivity index (χ2v) is 6.53. The lowest BCUT2D eigenvalue weighted by molar-refractivity contribution is 0.0664. The lowest BCUT2D eigenvalue weighted by Crippen LogP contribution is -2.47. The number of piperidine rings is 1. The van der Waals surface area contributed by atoms with Crippen molar-refractivity contribution in [3.63, 3.8) is 0 Å². The highest BCUT2D eigenvalue weighted by molar-refractivity contribution is 5.99. The summed E-state index contributed by atoms with van der Waals surface area (Å²) in [6.07, 6.45) is 3.35. The van der Waals surface area contributed by atoms with E-state index in [1.54, 1.807) is 6.07 Å². The third kappa shape index (κ3) is 3.72. The summed E-state index contributed by atoms with van der Waals surface area (Å²) < 4.78 is 0. The smallest absolute Gasteiger partial charge is 0.253 e. The van der Waals surface area contributed by atoms with E-state index in [-0.39, 0.29) is 11.8 Å². The van der Waals surface area contributed by atoms with Crippen LogP contribution in [0.2, 0.25) is 0 Å². The Morgan fingerprint density at radius 1 is 0.783 bits per heavy atom. The Morgan fingerprint density at radius 2 is 1.30 bits per heavy atom. The molecule has 2 amide bonds. The highest BCUT2D eigenvalue weighted by Gasteiger charge is 2.22. The fourth-order valence-corrected chi connectivity index (χ4v) is 3.26. The van der Waals surface area contributed by atoms with Crippen LogP contribution in [-0.4, -0.2) is 72.8 Å². The van der Waals surface area contributed by atoms with Crippen molar-refractivity contribution < 1.29 is 9.59 Å². The van der Waals surface area contributed by atoms with Crippen molar-refractivity contribution in [1.82, 2.24) is 14.7 Å². The number of likely N-dealkylation sites (N-methyl/N-ethyl adjacent to an activating group) is 1. The molecule has 0 spiro atoms. The number of hydrogen-bond acceptors (Lipinski definition) is 3. The number of hydrogen-bond donors (Lipinski definition) is 0. The van der Waals surface area contributed by atoms with E-state index >= 15 is 0 Å². The summed E-state index contributed by atoms with van der Waals surface area (Å²) in [5, 5.41) is 0. The van der Waals surface area contributed by atoms with Crippen LogP contribution in [0, 0.1) is 0 Å². The van der Waals surface area contributed by atoms with Crippen molar-refractivity contribution >= 4 is 11.8 Å². The Bertz CT molecular complexity index is 573. The molecular weight excluding hydrogens is 290 g/mol. The quantitative estimate of drug-likeness (QED) is 0.834. The number of nitrogens with zero attached hydrogens (tertiary/aromatic N) is 3. The molecule has 1 aromatic rings. The minimum atomic E-state index is 0.0337. The van der Waals surface area contributed by atoms with Crippen molar-refractivity contribution in [3.8, 4) is 0 Å². The zero-order chi connectivity index (χ0) is 16.2. The standard InChI is InChI=1S/C18H25N3O2/c1-19-10-12-21(13-11-19)18(23)16-7-5-6-15(14-16)17(22)20-8-3-2-4-9-20/h5-7,14H,2-4,8-13H2,1H3. The summed E-state index contributed by atoms with van der Waals surface area (Å²) in [7, 11) is 2.07. The topological polar surface area (TPSA) is 43.9 Å². The summed E-state index contributed by atoms with van der Waals surface area (Å²) in [6, 6.07) is 7.21. The molecule has 23 heavy (non-hydrogen) atoms. The second kappa shape index (κ2) is 7.13. The first-order chi connectivity index (χ1) is 11.1. The Labute approximate surface area is 137 Å². The Balaban J connectivity index is 1.71. The molecule has 1 aromatic carbocycles. The van der Waals surface area contributed by atoms with Crippen LogP contribution in [0.1, 0.15) is 40.0 Å². The van der Waals surface area contributed by atoms with Crippen LogP contribution < -0.4 is 0 Å². The molecule has 0 atom stereocenters. The zero-order valence-corrected chi connectivity index (χ0v) is 13.8. The number of amides is 2. The highest BCUT2D eigenvalue weighted by Crippen LogP contribution is 2.16. The van der Waals surface area contributed by atoms with Gasteiger partial charge in [0, 0.05) is 50.4 Å². The van der Waals surface area contributed by atoms with Crippen molar-refractivity contribution in [3.05, 3.63) is 35.4 Å². The maximum absolute atomic E-state index is 12.6. The molecule has 2 aliphatic rings. The first-order valence-corrected chi connectivity index (χ1v) is 8.52. The van der Waals surface area contributed by atoms with E-state index in [9.17, 15) is 9.59 Å². The van der Waals surface area contributed by atoms with E-state index in [2.05, 4.69) is 11.9 Å². The van der Waals surface area contributed by atoms with Crippen LogP contribution >= 0.6 is 0 Å². The molecule has 0 unspecified atom stereocenters. The molecule has 2 heterocycles. The van der Waals surface area contributed by atoms with Gasteiger partial charge in [-0.2, -0.15) is 0 Å². The van der Waals surface area contributed by atoms with Gasteiger partial charge in [0.15, 0.2) is 0 Å². The van der Waals surface area contributed by atoms with Gasteiger partial charge in [0.2, 0.25) is 0 Å². The molecule has 5 nitrogen and oxygen atoms in total. The van der Waals surface area contributed by atoms with Gasteiger partial charge in [-0.25, -0.2) is 0 Å². The van der Waals surface area contributed by atoms with Crippen molar-refractivity contribution in [2.45, 2.75) is 19.3 Å². The minimum absolute atomic E-state index is 0.0337. The molecule has 2 aliphatic heterocycles. The summed E-state index contributed by atoms with van der Waals surface area (Å²) in [6.45, 7) is 4.96. The molecule has 0 N–H and O–H groups in total. The summed E-state index contributed by atoms with van der Waals surface area (Å²) >= 11 is 0. The van der Waals surface area contributed by atoms with Crippen LogP contribution in [0.4, 0.5) is 0 Å². The monoisotopic (exact) mass is 315 g/mol. The molecule has 2 saturated heterocycles. The average molecular weight is 315 g/mol. The molecule has 2 fully saturated rings. The largest absolute Gasteiger partial charge is 0.339 e. The highest BCUT2D eigenvalue weighted by atomic mass is 16.2. The molecule has 124 valence electrons. The molecule has 0 radical (unpaired) electrons. The summed E-state index contributed by atoms with van der Waals surface area (Å²) in [5.41, 5.74) is 1.25. The number of piperazine rings is 1. The van der Waals surface area contributed by atoms with Gasteiger partial charge in [-0.3, -0.25) is 9.59 Å². The predicted molar refractivity (Wildman–Crippen MR) is 89.6 cm³/mol. The van der Waals surface area contributed by atoms with Crippen LogP contribution in [0.5, 0.6) is 0 Å². The molecule has 0 saturated carbocycles. The second-order valence-electron chi connectivity index (χ2n) is 6.53. The molecular formula is C18H25N3O2. The van der Waals surface area contributed by atoms with Crippen molar-refractivity contribution in [2.24, 2.45) is 0 Å². The van der Waals surface area contributed by atoms with Gasteiger partial charge >= 0.3 is 0 Å². The number of benzene rings is 1. The van der Waals surface area contributed by atoms with E-state index in [1.165, 1.54) is 6.42 Å². The molecule has 0 aliphatic carbocycles. The van der Waals surface area contributed by atoms with Gasteiger partial charge in [0.1, 0.15) is 0 Å². The number of rotatable bonds is 2. The summed E-state index contributed by atoms with van der Waals surface area (Å²) in [5.74, 6) is 0.0871. The van der Waals surface area contributed by atoms with E-state index in [0.717, 1.165) is 52.1 Å². The van der Waals surface area contributed by atoms with Crippen molar-refractivity contribution in [2.75, 3.05) is 46.3 Å². The average Bonchev–Trinajstić information content (AvgIpc) is 2.62. The van der Waals surface area contributed by atoms with E-state index in [4.69, 9.17) is 0 Å². The zero-order valence-electron chi connectivity index (χ0n) is 13.8. The van der Waals surface area contributed by atoms with Crippen molar-refractivity contribution in [1.29, 1.82) is 0 Å². The van der Waals surface area contributed by atoms with Gasteiger partial charge in [0.05, 0.1) is 0 Å². The maximum atomic E-state index is 12.6. The van der Waals surface area contributed by atoms with Gasteiger partial charge in [-0.15, -0.1) is 0 Å². The third-order valence-corrected chi connectivity index (χ3v) is 4.79. The Hall–Kier alpha value is -1.88. The van der Waals surface area contributed by atoms with Gasteiger partial charge in [-0.05, 0) is 44.5 Å². The van der Waals surface area contributed by atoms with Gasteiger partial charge in [0.25, 0.3) is 11.8 Å². The molecule has 5 heteroatoms. The van der Waals surface area contributed by atoms with Crippen LogP contribution in [-0.2, 0) is 0 Å². The first-order valence-electron chi connectivity index (χ1n) is 8.52. The Kier molecular flexibility index (Phi) is 4.96. The van der Waals surface area contributed by atoms with Crippen LogP contribution in [0.25, 0.3) is 0 Å². The van der Waals surface area contributed by atoms with E-state index < -0.39 is 0 Å². The SMILES string of the molecule is CN1CCN(C(=O)c2cccc(C(=O)N3CCCCC3)c2)CC1. The minimum Gasteiger partial charge on any atom is -0.339 e. The maximum Gasteiger partial charge on any atom is 0.253 e. The third-order valence-electron chi connectivity index (χ3n) is 4.79. The lowest BCUT2D eigenvalue weighted by atomic mass is 10.1. The Morgan fingerprint density at radius 3 is 1.87 bits per heavy atom. The lowest BCUT2D eigenvalue weighted by Gasteiger charge is -2.32. The molecule has 3 rings (SSSR count). The number of carbonyl (C=O) groups excluding carboxylic acids is 2. The normalized spacial score (nSPS) is 19.7. The van der Waals surface area contributed by atoms with Gasteiger partial charge < -0.3 is 14.7 Å². The number of carbonyl (C=O) groups is 2. The number of likely N-dealkylation sites (tertiary alicyclic amines) is 1. The fourth-order valence-electron chi connectivity index (χ4n) is 3.26. The summed E-state index contributed by atoms with van der Waals surface area (Å²) in [4.78, 5) is 31.2. The van der Waals surface area contributed by atoms with E-state index in [0.29, 0.717) is 11.1 Å².